The van der Waals surface area contributed by atoms with E-state index in [2.05, 4.69) is 32.4 Å². The third-order valence-corrected chi connectivity index (χ3v) is 4.82. The van der Waals surface area contributed by atoms with Crippen molar-refractivity contribution in [2.75, 3.05) is 0 Å². The second-order valence-corrected chi connectivity index (χ2v) is 7.00. The highest BCUT2D eigenvalue weighted by atomic mass is 16.1. The summed E-state index contributed by atoms with van der Waals surface area (Å²) >= 11 is 0. The number of hydrogen-bond donors (Lipinski definition) is 2. The van der Waals surface area contributed by atoms with Gasteiger partial charge in [-0.15, -0.1) is 0 Å². The molecule has 1 atom stereocenters. The minimum Gasteiger partial charge on any atom is -0.350 e. The number of pyridine rings is 1. The molecule has 28 heavy (non-hydrogen) atoms. The van der Waals surface area contributed by atoms with Gasteiger partial charge in [-0.2, -0.15) is 0 Å². The van der Waals surface area contributed by atoms with Gasteiger partial charge < -0.3 is 10.3 Å². The summed E-state index contributed by atoms with van der Waals surface area (Å²) in [5.41, 5.74) is 4.61. The number of benzene rings is 2. The van der Waals surface area contributed by atoms with Crippen molar-refractivity contribution in [3.8, 4) is 11.4 Å². The Morgan fingerprint density at radius 1 is 1.11 bits per heavy atom. The van der Waals surface area contributed by atoms with E-state index in [-0.39, 0.29) is 11.9 Å². The molecule has 5 nitrogen and oxygen atoms in total. The lowest BCUT2D eigenvalue weighted by Crippen LogP contribution is -2.32. The van der Waals surface area contributed by atoms with Crippen LogP contribution in [0.2, 0.25) is 0 Å². The first-order valence-corrected chi connectivity index (χ1v) is 9.50. The summed E-state index contributed by atoms with van der Waals surface area (Å²) in [5.74, 6) is 0.728. The van der Waals surface area contributed by atoms with Crippen LogP contribution in [0.15, 0.2) is 73.1 Å². The molecule has 0 fully saturated rings. The van der Waals surface area contributed by atoms with Crippen LogP contribution in [0.3, 0.4) is 0 Å². The van der Waals surface area contributed by atoms with Crippen LogP contribution in [0.4, 0.5) is 0 Å². The molecule has 0 aliphatic heterocycles. The van der Waals surface area contributed by atoms with Crippen LogP contribution in [0.25, 0.3) is 22.4 Å². The molecule has 0 bridgehead atoms. The average molecular weight is 371 g/mol. The molecular weight excluding hydrogens is 348 g/mol. The van der Waals surface area contributed by atoms with Gasteiger partial charge in [0.15, 0.2) is 12.4 Å². The molecule has 2 aromatic carbocycles. The van der Waals surface area contributed by atoms with Crippen molar-refractivity contribution < 1.29 is 9.78 Å². The third kappa shape index (κ3) is 4.09. The normalized spacial score (nSPS) is 12.0. The number of nitrogens with one attached hydrogen (secondary N) is 3. The Bertz CT molecular complexity index is 1070. The maximum atomic E-state index is 12.6. The number of hydrogen-bond acceptors (Lipinski definition) is 2. The molecule has 3 N–H and O–H groups in total. The number of rotatable bonds is 6. The van der Waals surface area contributed by atoms with Gasteiger partial charge in [-0.25, -0.2) is 9.97 Å². The molecule has 140 valence electrons. The molecule has 0 radical (unpaired) electrons. The molecule has 1 unspecified atom stereocenters. The second-order valence-electron chi connectivity index (χ2n) is 7.00. The van der Waals surface area contributed by atoms with E-state index in [0.717, 1.165) is 35.3 Å². The minimum atomic E-state index is -0.0621. The summed E-state index contributed by atoms with van der Waals surface area (Å²) in [4.78, 5) is 23.6. The minimum absolute atomic E-state index is 0.0621. The predicted octanol–water partition coefficient (Wildman–Crippen LogP) is 3.80. The molecule has 0 aliphatic rings. The summed E-state index contributed by atoms with van der Waals surface area (Å²) in [6.45, 7) is 2.04. The summed E-state index contributed by atoms with van der Waals surface area (Å²) in [7, 11) is 0. The van der Waals surface area contributed by atoms with Crippen LogP contribution in [0, 0.1) is 0 Å². The Kier molecular flexibility index (Phi) is 5.15. The van der Waals surface area contributed by atoms with Gasteiger partial charge in [0.05, 0.1) is 11.0 Å². The number of amides is 1. The van der Waals surface area contributed by atoms with Gasteiger partial charge >= 0.3 is 0 Å². The van der Waals surface area contributed by atoms with Crippen molar-refractivity contribution in [2.45, 2.75) is 25.8 Å². The Morgan fingerprint density at radius 3 is 2.68 bits per heavy atom. The van der Waals surface area contributed by atoms with Gasteiger partial charge in [0.2, 0.25) is 0 Å². The zero-order chi connectivity index (χ0) is 19.3. The van der Waals surface area contributed by atoms with Gasteiger partial charge in [-0.1, -0.05) is 30.3 Å². The number of aryl methyl sites for hydroxylation is 1. The standard InChI is InChI=1S/C23H22N4O/c1-16(7-8-17-5-3-2-4-6-17)25-23(28)19-9-10-20-21(15-19)27-22(26-20)18-11-13-24-14-12-18/h2-6,9-16H,7-8H2,1H3,(H,25,28)(H,26,27)/p+1. The quantitative estimate of drug-likeness (QED) is 0.541. The van der Waals surface area contributed by atoms with Crippen LogP contribution >= 0.6 is 0 Å². The highest BCUT2D eigenvalue weighted by Gasteiger charge is 2.12. The maximum absolute atomic E-state index is 12.6. The van der Waals surface area contributed by atoms with Crippen LogP contribution in [0.5, 0.6) is 0 Å². The molecule has 2 heterocycles. The van der Waals surface area contributed by atoms with E-state index in [1.807, 2.05) is 67.8 Å². The highest BCUT2D eigenvalue weighted by molar-refractivity contribution is 5.97. The summed E-state index contributed by atoms with van der Waals surface area (Å²) in [5, 5.41) is 3.09. The third-order valence-electron chi connectivity index (χ3n) is 4.82. The number of carbonyl (C=O) groups is 1. The Hall–Kier alpha value is -3.47. The van der Waals surface area contributed by atoms with E-state index < -0.39 is 0 Å². The van der Waals surface area contributed by atoms with Crippen LogP contribution in [0.1, 0.15) is 29.3 Å². The molecule has 4 rings (SSSR count). The number of aromatic amines is 2. The molecule has 2 aromatic heterocycles. The Balaban J connectivity index is 1.43. The summed E-state index contributed by atoms with van der Waals surface area (Å²) in [6.07, 6.45) is 5.56. The molecule has 0 saturated carbocycles. The van der Waals surface area contributed by atoms with Gasteiger partial charge in [-0.3, -0.25) is 4.79 Å². The van der Waals surface area contributed by atoms with Crippen LogP contribution in [-0.2, 0) is 6.42 Å². The number of aromatic nitrogens is 3. The first kappa shape index (κ1) is 17.9. The predicted molar refractivity (Wildman–Crippen MR) is 110 cm³/mol. The largest absolute Gasteiger partial charge is 0.350 e. The lowest BCUT2D eigenvalue weighted by atomic mass is 10.1. The Labute approximate surface area is 163 Å². The second kappa shape index (κ2) is 8.05. The summed E-state index contributed by atoms with van der Waals surface area (Å²) < 4.78 is 0. The fourth-order valence-corrected chi connectivity index (χ4v) is 3.24. The van der Waals surface area contributed by atoms with Crippen molar-refractivity contribution in [3.63, 3.8) is 0 Å². The van der Waals surface area contributed by atoms with E-state index in [4.69, 9.17) is 0 Å². The van der Waals surface area contributed by atoms with E-state index in [9.17, 15) is 4.79 Å². The zero-order valence-corrected chi connectivity index (χ0v) is 15.8. The fraction of sp³-hybridized carbons (Fsp3) is 0.174. The topological polar surface area (TPSA) is 71.9 Å². The number of fused-ring (bicyclic) bond motifs is 1. The van der Waals surface area contributed by atoms with Gasteiger partial charge in [0, 0.05) is 29.3 Å². The number of nitrogens with zero attached hydrogens (tertiary/aromatic N) is 1. The summed E-state index contributed by atoms with van der Waals surface area (Å²) in [6, 6.07) is 19.9. The highest BCUT2D eigenvalue weighted by Crippen LogP contribution is 2.20. The molecule has 0 saturated heterocycles. The number of carbonyl (C=O) groups excluding carboxylic acids is 1. The monoisotopic (exact) mass is 371 g/mol. The zero-order valence-electron chi connectivity index (χ0n) is 15.8. The fourth-order valence-electron chi connectivity index (χ4n) is 3.24. The lowest BCUT2D eigenvalue weighted by molar-refractivity contribution is -0.377. The lowest BCUT2D eigenvalue weighted by Gasteiger charge is -2.14. The smallest absolute Gasteiger partial charge is 0.251 e. The van der Waals surface area contributed by atoms with Crippen molar-refractivity contribution in [1.82, 2.24) is 15.3 Å². The van der Waals surface area contributed by atoms with Crippen molar-refractivity contribution in [3.05, 3.63) is 84.2 Å². The Morgan fingerprint density at radius 2 is 1.89 bits per heavy atom. The van der Waals surface area contributed by atoms with Crippen molar-refractivity contribution >= 4 is 16.9 Å². The first-order valence-electron chi connectivity index (χ1n) is 9.50. The van der Waals surface area contributed by atoms with E-state index in [1.165, 1.54) is 5.56 Å². The van der Waals surface area contributed by atoms with E-state index in [1.54, 1.807) is 0 Å². The number of imidazole rings is 1. The molecule has 4 aromatic rings. The number of H-pyrrole nitrogens is 2. The molecule has 0 aliphatic carbocycles. The van der Waals surface area contributed by atoms with Crippen molar-refractivity contribution in [2.24, 2.45) is 0 Å². The van der Waals surface area contributed by atoms with Gasteiger partial charge in [0.1, 0.15) is 5.82 Å². The van der Waals surface area contributed by atoms with E-state index in [0.29, 0.717) is 5.56 Å². The molecule has 1 amide bonds. The van der Waals surface area contributed by atoms with Crippen molar-refractivity contribution in [1.29, 1.82) is 0 Å². The van der Waals surface area contributed by atoms with Crippen LogP contribution < -0.4 is 10.3 Å². The molecular formula is C23H23N4O+. The van der Waals surface area contributed by atoms with E-state index >= 15 is 0 Å². The molecule has 0 spiro atoms. The average Bonchev–Trinajstić information content (AvgIpc) is 3.17. The maximum Gasteiger partial charge on any atom is 0.251 e. The first-order chi connectivity index (χ1) is 13.7. The SMILES string of the molecule is CC(CCc1ccccc1)NC(=O)c1ccc2nc(-c3cc[nH+]cc3)[nH]c2c1. The van der Waals surface area contributed by atoms with Gasteiger partial charge in [-0.05, 0) is 43.5 Å². The van der Waals surface area contributed by atoms with Gasteiger partial charge in [0.25, 0.3) is 5.91 Å². The van der Waals surface area contributed by atoms with Crippen LogP contribution in [-0.4, -0.2) is 21.9 Å². The molecule has 5 heteroatoms.